The van der Waals surface area contributed by atoms with E-state index in [-0.39, 0.29) is 18.0 Å². The molecule has 0 aliphatic heterocycles. The molecule has 0 saturated heterocycles. The Morgan fingerprint density at radius 2 is 1.87 bits per heavy atom. The van der Waals surface area contributed by atoms with Crippen LogP contribution in [0.15, 0.2) is 59.3 Å². The summed E-state index contributed by atoms with van der Waals surface area (Å²) in [4.78, 5) is 1.63. The molecule has 1 heterocycles. The Morgan fingerprint density at radius 1 is 1.19 bits per heavy atom. The predicted octanol–water partition coefficient (Wildman–Crippen LogP) is 3.66. The molecule has 1 aromatic heterocycles. The molecule has 0 unspecified atom stereocenters. The van der Waals surface area contributed by atoms with Crippen molar-refractivity contribution in [1.82, 2.24) is 15.0 Å². The van der Waals surface area contributed by atoms with Crippen LogP contribution in [0.5, 0.6) is 5.75 Å². The van der Waals surface area contributed by atoms with Crippen molar-refractivity contribution in [2.45, 2.75) is 38.1 Å². The highest BCUT2D eigenvalue weighted by Crippen LogP contribution is 2.18. The van der Waals surface area contributed by atoms with Gasteiger partial charge in [0.25, 0.3) is 10.1 Å². The zero-order chi connectivity index (χ0) is 22.9. The summed E-state index contributed by atoms with van der Waals surface area (Å²) in [5.41, 5.74) is 8.35. The number of nitrogens with zero attached hydrogens (tertiary/aromatic N) is 3. The van der Waals surface area contributed by atoms with Crippen molar-refractivity contribution in [3.05, 3.63) is 59.9 Å². The summed E-state index contributed by atoms with van der Waals surface area (Å²) in [5.74, 6) is 0.632. The Morgan fingerprint density at radius 3 is 2.45 bits per heavy atom. The summed E-state index contributed by atoms with van der Waals surface area (Å²) in [6.07, 6.45) is 2.63. The van der Waals surface area contributed by atoms with E-state index in [1.807, 2.05) is 13.0 Å². The standard InChI is InChI=1S/C14H19FN4O.C7H8O3S/c1-2-3-6-19-17-13-5-4-12(7-14(13)18-19)20-10-11(8-15)9-16;1-6-2-4-7(5-3-6)11(8,9)10/h4-5,7-8H,2-3,6,9-10,16H2,1H3;2-5H,1H3,(H,8,9,10)/b11-8-;. The van der Waals surface area contributed by atoms with Crippen LogP contribution in [0.1, 0.15) is 25.3 Å². The van der Waals surface area contributed by atoms with Crippen molar-refractivity contribution < 1.29 is 22.1 Å². The lowest BCUT2D eigenvalue weighted by atomic mass is 10.2. The minimum absolute atomic E-state index is 0.0666. The van der Waals surface area contributed by atoms with Crippen molar-refractivity contribution in [2.24, 2.45) is 5.73 Å². The molecular weight excluding hydrogens is 423 g/mol. The fraction of sp³-hybridized carbons (Fsp3) is 0.333. The molecule has 0 saturated carbocycles. The first-order chi connectivity index (χ1) is 14.8. The summed E-state index contributed by atoms with van der Waals surface area (Å²) in [6.45, 7) is 5.06. The van der Waals surface area contributed by atoms with E-state index in [0.29, 0.717) is 17.7 Å². The molecule has 10 heteroatoms. The van der Waals surface area contributed by atoms with Gasteiger partial charge in [-0.3, -0.25) is 4.55 Å². The third-order valence-electron chi connectivity index (χ3n) is 4.26. The first kappa shape index (κ1) is 24.4. The van der Waals surface area contributed by atoms with Crippen molar-refractivity contribution in [3.8, 4) is 5.75 Å². The summed E-state index contributed by atoms with van der Waals surface area (Å²) in [6, 6.07) is 11.4. The Hall–Kier alpha value is -2.82. The first-order valence-corrected chi connectivity index (χ1v) is 11.2. The number of ether oxygens (including phenoxy) is 1. The fourth-order valence-electron chi connectivity index (χ4n) is 2.45. The summed E-state index contributed by atoms with van der Waals surface area (Å²) < 4.78 is 47.4. The quantitative estimate of drug-likeness (QED) is 0.502. The van der Waals surface area contributed by atoms with E-state index in [1.165, 1.54) is 12.1 Å². The molecule has 0 radical (unpaired) electrons. The van der Waals surface area contributed by atoms with Crippen LogP contribution < -0.4 is 10.5 Å². The van der Waals surface area contributed by atoms with E-state index in [0.717, 1.165) is 36.0 Å². The molecule has 0 amide bonds. The summed E-state index contributed by atoms with van der Waals surface area (Å²) in [7, 11) is -4.02. The molecule has 2 aromatic carbocycles. The van der Waals surface area contributed by atoms with Gasteiger partial charge in [-0.15, -0.1) is 0 Å². The molecule has 0 aliphatic carbocycles. The molecule has 3 N–H and O–H groups in total. The van der Waals surface area contributed by atoms with Crippen LogP contribution >= 0.6 is 0 Å². The van der Waals surface area contributed by atoms with Gasteiger partial charge < -0.3 is 10.5 Å². The number of benzene rings is 2. The minimum atomic E-state index is -4.02. The monoisotopic (exact) mass is 450 g/mol. The second-order valence-electron chi connectivity index (χ2n) is 6.85. The van der Waals surface area contributed by atoms with E-state index in [1.54, 1.807) is 29.1 Å². The van der Waals surface area contributed by atoms with Gasteiger partial charge in [-0.2, -0.15) is 23.4 Å². The highest BCUT2D eigenvalue weighted by molar-refractivity contribution is 7.85. The molecule has 8 nitrogen and oxygen atoms in total. The molecule has 0 bridgehead atoms. The van der Waals surface area contributed by atoms with Crippen LogP contribution in [0.2, 0.25) is 0 Å². The molecule has 168 valence electrons. The van der Waals surface area contributed by atoms with Crippen molar-refractivity contribution in [2.75, 3.05) is 13.2 Å². The second-order valence-corrected chi connectivity index (χ2v) is 8.27. The van der Waals surface area contributed by atoms with Crippen LogP contribution in [0, 0.1) is 6.92 Å². The van der Waals surface area contributed by atoms with Crippen LogP contribution in [0.4, 0.5) is 4.39 Å². The van der Waals surface area contributed by atoms with Gasteiger partial charge in [-0.05, 0) is 37.6 Å². The zero-order valence-corrected chi connectivity index (χ0v) is 18.3. The van der Waals surface area contributed by atoms with Crippen LogP contribution in [-0.4, -0.2) is 41.1 Å². The van der Waals surface area contributed by atoms with E-state index in [9.17, 15) is 12.8 Å². The van der Waals surface area contributed by atoms with E-state index >= 15 is 0 Å². The van der Waals surface area contributed by atoms with Crippen molar-refractivity contribution >= 4 is 21.2 Å². The highest BCUT2D eigenvalue weighted by Gasteiger charge is 2.07. The maximum atomic E-state index is 12.4. The van der Waals surface area contributed by atoms with Crippen LogP contribution in [-0.2, 0) is 16.7 Å². The normalized spacial score (nSPS) is 11.8. The smallest absolute Gasteiger partial charge is 0.294 e. The third-order valence-corrected chi connectivity index (χ3v) is 5.13. The van der Waals surface area contributed by atoms with Gasteiger partial charge in [0, 0.05) is 18.2 Å². The highest BCUT2D eigenvalue weighted by atomic mass is 32.2. The molecule has 3 rings (SSSR count). The number of nitrogens with two attached hydrogens (primary N) is 1. The molecular formula is C21H27FN4O4S. The Kier molecular flexibility index (Phi) is 9.10. The molecule has 31 heavy (non-hydrogen) atoms. The van der Waals surface area contributed by atoms with Gasteiger partial charge in [0.05, 0.1) is 17.8 Å². The third kappa shape index (κ3) is 7.74. The molecule has 3 aromatic rings. The SMILES string of the molecule is CCCCn1nc2ccc(OC/C(=C\F)CN)cc2n1.Cc1ccc(S(=O)(=O)O)cc1. The summed E-state index contributed by atoms with van der Waals surface area (Å²) >= 11 is 0. The lowest BCUT2D eigenvalue weighted by molar-refractivity contribution is 0.348. The van der Waals surface area contributed by atoms with Crippen molar-refractivity contribution in [3.63, 3.8) is 0 Å². The molecule has 0 fully saturated rings. The average molecular weight is 451 g/mol. The number of aromatic nitrogens is 3. The number of hydrogen-bond acceptors (Lipinski definition) is 6. The lowest BCUT2D eigenvalue weighted by Gasteiger charge is -2.06. The Labute approximate surface area is 181 Å². The molecule has 0 spiro atoms. The second kappa shape index (κ2) is 11.5. The number of halogens is 1. The van der Waals surface area contributed by atoms with E-state index in [2.05, 4.69) is 17.1 Å². The van der Waals surface area contributed by atoms with Gasteiger partial charge in [-0.25, -0.2) is 4.39 Å². The van der Waals surface area contributed by atoms with E-state index < -0.39 is 10.1 Å². The number of aryl methyl sites for hydroxylation is 2. The largest absolute Gasteiger partial charge is 0.489 e. The number of unbranched alkanes of at least 4 members (excludes halogenated alkanes) is 1. The lowest BCUT2D eigenvalue weighted by Crippen LogP contribution is -2.10. The predicted molar refractivity (Wildman–Crippen MR) is 117 cm³/mol. The minimum Gasteiger partial charge on any atom is -0.489 e. The van der Waals surface area contributed by atoms with Gasteiger partial charge in [0.2, 0.25) is 0 Å². The molecule has 0 aliphatic rings. The zero-order valence-electron chi connectivity index (χ0n) is 17.5. The van der Waals surface area contributed by atoms with E-state index in [4.69, 9.17) is 15.0 Å². The first-order valence-electron chi connectivity index (χ1n) is 9.77. The van der Waals surface area contributed by atoms with Crippen LogP contribution in [0.25, 0.3) is 11.0 Å². The topological polar surface area (TPSA) is 120 Å². The van der Waals surface area contributed by atoms with Gasteiger partial charge >= 0.3 is 0 Å². The summed E-state index contributed by atoms with van der Waals surface area (Å²) in [5, 5.41) is 8.77. The Bertz CT molecular complexity index is 1110. The van der Waals surface area contributed by atoms with Crippen molar-refractivity contribution in [1.29, 1.82) is 0 Å². The maximum absolute atomic E-state index is 12.4. The molecule has 0 atom stereocenters. The average Bonchev–Trinajstić information content (AvgIpc) is 3.15. The van der Waals surface area contributed by atoms with Crippen LogP contribution in [0.3, 0.4) is 0 Å². The Balaban J connectivity index is 0.000000262. The maximum Gasteiger partial charge on any atom is 0.294 e. The number of fused-ring (bicyclic) bond motifs is 1. The van der Waals surface area contributed by atoms with Gasteiger partial charge in [-0.1, -0.05) is 31.0 Å². The number of hydrogen-bond donors (Lipinski definition) is 2. The van der Waals surface area contributed by atoms with Gasteiger partial charge in [0.15, 0.2) is 0 Å². The van der Waals surface area contributed by atoms with Gasteiger partial charge in [0.1, 0.15) is 23.4 Å². The number of rotatable bonds is 8. The fourth-order valence-corrected chi connectivity index (χ4v) is 2.93.